The van der Waals surface area contributed by atoms with Crippen LogP contribution < -0.4 is 0 Å². The van der Waals surface area contributed by atoms with Gasteiger partial charge in [-0.1, -0.05) is 51.4 Å². The largest absolute Gasteiger partial charge is 0.210 e. The van der Waals surface area contributed by atoms with E-state index in [0.717, 1.165) is 0 Å². The number of halogens is 2. The molecular formula is C20H26Cl2Ti-2. The van der Waals surface area contributed by atoms with Crippen LogP contribution in [-0.4, -0.2) is 4.31 Å². The molecule has 0 atom stereocenters. The van der Waals surface area contributed by atoms with E-state index in [1.54, 1.807) is 22.3 Å². The van der Waals surface area contributed by atoms with Crippen molar-refractivity contribution in [2.24, 2.45) is 0 Å². The molecule has 3 heteroatoms. The summed E-state index contributed by atoms with van der Waals surface area (Å²) in [5.74, 6) is 0. The maximum Gasteiger partial charge on any atom is -0.0512 e. The molecule has 2 aliphatic carbocycles. The van der Waals surface area contributed by atoms with Crippen LogP contribution in [0.4, 0.5) is 0 Å². The summed E-state index contributed by atoms with van der Waals surface area (Å²) in [6.45, 7) is 1.88. The Bertz CT molecular complexity index is 515. The fourth-order valence-electron chi connectivity index (χ4n) is 3.23. The molecule has 0 saturated carbocycles. The maximum absolute atomic E-state index is 5.34. The summed E-state index contributed by atoms with van der Waals surface area (Å²) in [6, 6.07) is 13.4. The first-order valence-electron chi connectivity index (χ1n) is 8.65. The fraction of sp³-hybridized carbons (Fsp3) is 0.450. The molecule has 0 radical (unpaired) electrons. The summed E-state index contributed by atoms with van der Waals surface area (Å²) in [5, 5.41) is 0. The Kier molecular flexibility index (Phi) is 8.91. The van der Waals surface area contributed by atoms with Crippen LogP contribution >= 0.6 is 18.6 Å². The van der Waals surface area contributed by atoms with E-state index in [1.165, 1.54) is 51.4 Å². The van der Waals surface area contributed by atoms with E-state index in [4.69, 9.17) is 18.6 Å². The minimum Gasteiger partial charge on any atom is -0.210 e. The number of rotatable bonds is 0. The molecule has 0 saturated heterocycles. The third-order valence-electron chi connectivity index (χ3n) is 4.52. The van der Waals surface area contributed by atoms with E-state index in [0.29, 0.717) is 0 Å². The van der Waals surface area contributed by atoms with Crippen LogP contribution in [0.15, 0.2) is 36.4 Å². The zero-order valence-corrected chi connectivity index (χ0v) is 17.0. The Morgan fingerprint density at radius 2 is 1.22 bits per heavy atom. The quantitative estimate of drug-likeness (QED) is 0.369. The van der Waals surface area contributed by atoms with Crippen molar-refractivity contribution in [2.45, 2.75) is 58.3 Å². The van der Waals surface area contributed by atoms with Crippen LogP contribution in [0, 0.1) is 0 Å². The molecule has 0 heterocycles. The topological polar surface area (TPSA) is 0 Å². The Hall–Kier alpha value is -0.136. The van der Waals surface area contributed by atoms with E-state index >= 15 is 0 Å². The summed E-state index contributed by atoms with van der Waals surface area (Å²) >= 11 is -1.54. The molecule has 23 heavy (non-hydrogen) atoms. The minimum atomic E-state index is -1.54. The predicted octanol–water partition coefficient (Wildman–Crippen LogP) is 6.30. The SMILES string of the molecule is C[CH]=[Ti]([Cl])[Cl].c1cc2c([cH-]1)CCCC2.c1cc2c([cH-]1)CCCC2. The first kappa shape index (κ1) is 19.2. The molecule has 0 fully saturated rings. The van der Waals surface area contributed by atoms with Crippen molar-refractivity contribution in [2.75, 3.05) is 0 Å². The van der Waals surface area contributed by atoms with Gasteiger partial charge in [0, 0.05) is 0 Å². The first-order chi connectivity index (χ1) is 11.2. The van der Waals surface area contributed by atoms with Crippen LogP contribution in [0.5, 0.6) is 0 Å². The molecule has 126 valence electrons. The van der Waals surface area contributed by atoms with Gasteiger partial charge in [-0.3, -0.25) is 0 Å². The Morgan fingerprint density at radius 3 is 1.57 bits per heavy atom. The normalized spacial score (nSPS) is 15.1. The number of aryl methyl sites for hydroxylation is 4. The summed E-state index contributed by atoms with van der Waals surface area (Å²) in [6.07, 6.45) is 10.9. The van der Waals surface area contributed by atoms with Gasteiger partial charge in [-0.2, -0.15) is 46.5 Å². The zero-order chi connectivity index (χ0) is 16.5. The van der Waals surface area contributed by atoms with Gasteiger partial charge < -0.3 is 0 Å². The average Bonchev–Trinajstić information content (AvgIpc) is 3.24. The summed E-state index contributed by atoms with van der Waals surface area (Å²) in [5.41, 5.74) is 6.39. The van der Waals surface area contributed by atoms with Gasteiger partial charge in [-0.05, 0) is 0 Å². The van der Waals surface area contributed by atoms with Crippen molar-refractivity contribution in [1.29, 1.82) is 0 Å². The van der Waals surface area contributed by atoms with Gasteiger partial charge in [0.2, 0.25) is 0 Å². The number of fused-ring (bicyclic) bond motifs is 2. The van der Waals surface area contributed by atoms with Gasteiger partial charge in [0.1, 0.15) is 0 Å². The molecule has 0 unspecified atom stereocenters. The van der Waals surface area contributed by atoms with Crippen LogP contribution in [0.2, 0.25) is 0 Å². The number of hydrogen-bond donors (Lipinski definition) is 0. The second-order valence-electron chi connectivity index (χ2n) is 6.15. The molecule has 4 rings (SSSR count). The third-order valence-corrected chi connectivity index (χ3v) is 7.00. The summed E-state index contributed by atoms with van der Waals surface area (Å²) in [4.78, 5) is 0. The second-order valence-corrected chi connectivity index (χ2v) is 12.1. The Labute approximate surface area is 154 Å². The Morgan fingerprint density at radius 1 is 0.826 bits per heavy atom. The van der Waals surface area contributed by atoms with E-state index in [9.17, 15) is 0 Å². The molecule has 0 bridgehead atoms. The molecule has 2 aromatic rings. The molecule has 0 aromatic heterocycles. The minimum absolute atomic E-state index is 1.32. The number of hydrogen-bond acceptors (Lipinski definition) is 0. The maximum atomic E-state index is 5.34. The van der Waals surface area contributed by atoms with Gasteiger partial charge in [0.05, 0.1) is 0 Å². The van der Waals surface area contributed by atoms with Gasteiger partial charge in [-0.25, -0.2) is 12.1 Å². The second kappa shape index (κ2) is 10.7. The molecule has 2 aliphatic rings. The van der Waals surface area contributed by atoms with Crippen LogP contribution in [0.25, 0.3) is 0 Å². The summed E-state index contributed by atoms with van der Waals surface area (Å²) < 4.78 is 1.86. The molecule has 0 aliphatic heterocycles. The van der Waals surface area contributed by atoms with Crippen molar-refractivity contribution in [3.63, 3.8) is 0 Å². The van der Waals surface area contributed by atoms with Crippen LogP contribution in [-0.2, 0) is 41.0 Å². The van der Waals surface area contributed by atoms with Crippen molar-refractivity contribution in [3.05, 3.63) is 58.7 Å². The Balaban J connectivity index is 0.000000132. The molecule has 0 amide bonds. The monoisotopic (exact) mass is 384 g/mol. The van der Waals surface area contributed by atoms with Gasteiger partial charge >= 0.3 is 45.1 Å². The van der Waals surface area contributed by atoms with Gasteiger partial charge in [-0.15, -0.1) is 0 Å². The fourth-order valence-corrected chi connectivity index (χ4v) is 3.23. The van der Waals surface area contributed by atoms with Crippen molar-refractivity contribution in [1.82, 2.24) is 0 Å². The zero-order valence-electron chi connectivity index (χ0n) is 14.0. The average molecular weight is 385 g/mol. The predicted molar refractivity (Wildman–Crippen MR) is 101 cm³/mol. The van der Waals surface area contributed by atoms with E-state index in [-0.39, 0.29) is 0 Å². The van der Waals surface area contributed by atoms with Gasteiger partial charge in [0.15, 0.2) is 0 Å². The van der Waals surface area contributed by atoms with E-state index < -0.39 is 15.3 Å². The third kappa shape index (κ3) is 6.71. The first-order valence-corrected chi connectivity index (χ1v) is 13.8. The molecular weight excluding hydrogens is 359 g/mol. The smallest absolute Gasteiger partial charge is 0.0512 e. The molecule has 2 aromatic carbocycles. The van der Waals surface area contributed by atoms with Crippen molar-refractivity contribution in [3.8, 4) is 0 Å². The van der Waals surface area contributed by atoms with Crippen LogP contribution in [0.3, 0.4) is 0 Å². The van der Waals surface area contributed by atoms with E-state index in [2.05, 4.69) is 36.4 Å². The van der Waals surface area contributed by atoms with E-state index in [1.807, 2.05) is 11.2 Å². The van der Waals surface area contributed by atoms with Gasteiger partial charge in [0.25, 0.3) is 0 Å². The van der Waals surface area contributed by atoms with Crippen molar-refractivity contribution >= 4 is 22.9 Å². The molecule has 0 N–H and O–H groups in total. The summed E-state index contributed by atoms with van der Waals surface area (Å²) in [7, 11) is 10.7. The molecule has 0 spiro atoms. The van der Waals surface area contributed by atoms with Crippen LogP contribution in [0.1, 0.15) is 54.9 Å². The van der Waals surface area contributed by atoms with Crippen molar-refractivity contribution < 1.29 is 15.3 Å². The molecule has 0 nitrogen and oxygen atoms in total. The standard InChI is InChI=1S/2C9H11.C2H4.2ClH.Ti/c2*1-2-5-9-7-3-6-8(9)4-1;1-2;;;/h2*3,6-7H,1-2,4-5H2;1H,2H3;2*1H;/q2*-1;;;;+2/p-2.